The largest absolute Gasteiger partial charge is 0.389 e. The molecule has 108 valence electrons. The average molecular weight is 274 g/mol. The molecule has 2 nitrogen and oxygen atoms in total. The zero-order valence-corrected chi connectivity index (χ0v) is 11.6. The second kappa shape index (κ2) is 6.80. The number of nitrogens with one attached hydrogen (secondary N) is 1. The molecule has 1 rings (SSSR count). The van der Waals surface area contributed by atoms with Crippen LogP contribution in [0.1, 0.15) is 31.4 Å². The number of hydrogen-bond acceptors (Lipinski definition) is 2. The van der Waals surface area contributed by atoms with Crippen molar-refractivity contribution in [1.82, 2.24) is 5.32 Å². The summed E-state index contributed by atoms with van der Waals surface area (Å²) in [5.41, 5.74) is 2.19. The molecule has 0 bridgehead atoms. The molecule has 1 atom stereocenters. The lowest BCUT2D eigenvalue weighted by atomic mass is 10.1. The number of nitrogens with zero attached hydrogens (tertiary/aromatic N) is 1. The van der Waals surface area contributed by atoms with Gasteiger partial charge in [0, 0.05) is 32.2 Å². The zero-order valence-electron chi connectivity index (χ0n) is 11.6. The SMILES string of the molecule is CC(NCCCC(F)(F)F)c1ccc(N(C)C)cc1. The first kappa shape index (κ1) is 15.8. The van der Waals surface area contributed by atoms with Crippen LogP contribution >= 0.6 is 0 Å². The maximum Gasteiger partial charge on any atom is 0.389 e. The fourth-order valence-electron chi connectivity index (χ4n) is 1.79. The van der Waals surface area contributed by atoms with Gasteiger partial charge in [-0.2, -0.15) is 13.2 Å². The Morgan fingerprint density at radius 1 is 1.16 bits per heavy atom. The molecule has 0 spiro atoms. The van der Waals surface area contributed by atoms with Gasteiger partial charge in [0.25, 0.3) is 0 Å². The van der Waals surface area contributed by atoms with Crippen molar-refractivity contribution >= 4 is 5.69 Å². The molecule has 0 aliphatic rings. The standard InChI is InChI=1S/C14H21F3N2/c1-11(18-10-4-9-14(15,16)17)12-5-7-13(8-6-12)19(2)3/h5-8,11,18H,4,9-10H2,1-3H3. The van der Waals surface area contributed by atoms with Crippen molar-refractivity contribution in [2.45, 2.75) is 32.0 Å². The Balaban J connectivity index is 2.39. The Bertz CT molecular complexity index is 371. The molecule has 19 heavy (non-hydrogen) atoms. The van der Waals surface area contributed by atoms with Gasteiger partial charge < -0.3 is 10.2 Å². The number of alkyl halides is 3. The first-order valence-electron chi connectivity index (χ1n) is 6.37. The molecule has 0 fully saturated rings. The van der Waals surface area contributed by atoms with Crippen LogP contribution in [0.15, 0.2) is 24.3 Å². The second-order valence-corrected chi connectivity index (χ2v) is 4.88. The van der Waals surface area contributed by atoms with E-state index in [1.807, 2.05) is 50.2 Å². The van der Waals surface area contributed by atoms with Crippen LogP contribution in [0.5, 0.6) is 0 Å². The van der Waals surface area contributed by atoms with Gasteiger partial charge in [-0.05, 0) is 37.6 Å². The van der Waals surface area contributed by atoms with E-state index in [1.54, 1.807) is 0 Å². The highest BCUT2D eigenvalue weighted by molar-refractivity contribution is 5.46. The molecule has 1 aromatic carbocycles. The summed E-state index contributed by atoms with van der Waals surface area (Å²) in [7, 11) is 3.93. The van der Waals surface area contributed by atoms with Crippen molar-refractivity contribution in [2.75, 3.05) is 25.5 Å². The smallest absolute Gasteiger partial charge is 0.378 e. The maximum absolute atomic E-state index is 12.0. The van der Waals surface area contributed by atoms with E-state index in [9.17, 15) is 13.2 Å². The van der Waals surface area contributed by atoms with Crippen LogP contribution in [0, 0.1) is 0 Å². The van der Waals surface area contributed by atoms with E-state index in [-0.39, 0.29) is 12.5 Å². The van der Waals surface area contributed by atoms with E-state index in [0.717, 1.165) is 11.3 Å². The van der Waals surface area contributed by atoms with E-state index >= 15 is 0 Å². The molecule has 0 aliphatic heterocycles. The van der Waals surface area contributed by atoms with Crippen molar-refractivity contribution < 1.29 is 13.2 Å². The van der Waals surface area contributed by atoms with Crippen molar-refractivity contribution in [2.24, 2.45) is 0 Å². The van der Waals surface area contributed by atoms with Crippen molar-refractivity contribution in [3.8, 4) is 0 Å². The predicted molar refractivity (Wildman–Crippen MR) is 72.5 cm³/mol. The van der Waals surface area contributed by atoms with Crippen LogP contribution in [-0.2, 0) is 0 Å². The van der Waals surface area contributed by atoms with Crippen molar-refractivity contribution in [3.05, 3.63) is 29.8 Å². The van der Waals surface area contributed by atoms with Gasteiger partial charge in [0.15, 0.2) is 0 Å². The maximum atomic E-state index is 12.0. The predicted octanol–water partition coefficient (Wildman–Crippen LogP) is 3.75. The van der Waals surface area contributed by atoms with E-state index in [0.29, 0.717) is 6.54 Å². The van der Waals surface area contributed by atoms with Gasteiger partial charge in [0.2, 0.25) is 0 Å². The number of hydrogen-bond donors (Lipinski definition) is 1. The summed E-state index contributed by atoms with van der Waals surface area (Å²) in [6.45, 7) is 2.33. The molecule has 1 aromatic rings. The Hall–Kier alpha value is -1.23. The van der Waals surface area contributed by atoms with Crippen LogP contribution in [0.25, 0.3) is 0 Å². The molecule has 0 saturated carbocycles. The van der Waals surface area contributed by atoms with E-state index in [2.05, 4.69) is 5.32 Å². The Kier molecular flexibility index (Phi) is 5.66. The Labute approximate surface area is 112 Å². The minimum Gasteiger partial charge on any atom is -0.378 e. The Morgan fingerprint density at radius 2 is 1.74 bits per heavy atom. The summed E-state index contributed by atoms with van der Waals surface area (Å²) >= 11 is 0. The molecule has 1 unspecified atom stereocenters. The van der Waals surface area contributed by atoms with Crippen LogP contribution in [0.3, 0.4) is 0 Å². The summed E-state index contributed by atoms with van der Waals surface area (Å²) in [5, 5.41) is 3.11. The average Bonchev–Trinajstić information content (AvgIpc) is 2.33. The highest BCUT2D eigenvalue weighted by atomic mass is 19.4. The lowest BCUT2D eigenvalue weighted by Crippen LogP contribution is -2.21. The highest BCUT2D eigenvalue weighted by Gasteiger charge is 2.25. The third-order valence-corrected chi connectivity index (χ3v) is 3.00. The van der Waals surface area contributed by atoms with Gasteiger partial charge in [0.1, 0.15) is 0 Å². The van der Waals surface area contributed by atoms with Crippen LogP contribution in [0.2, 0.25) is 0 Å². The van der Waals surface area contributed by atoms with E-state index in [1.165, 1.54) is 0 Å². The fraction of sp³-hybridized carbons (Fsp3) is 0.571. The van der Waals surface area contributed by atoms with Gasteiger partial charge in [0.05, 0.1) is 0 Å². The summed E-state index contributed by atoms with van der Waals surface area (Å²) in [4.78, 5) is 2.01. The van der Waals surface area contributed by atoms with Crippen molar-refractivity contribution in [1.29, 1.82) is 0 Å². The molecular formula is C14H21F3N2. The summed E-state index contributed by atoms with van der Waals surface area (Å²) in [5.74, 6) is 0. The van der Waals surface area contributed by atoms with Gasteiger partial charge in [-0.1, -0.05) is 12.1 Å². The van der Waals surface area contributed by atoms with Crippen LogP contribution in [0.4, 0.5) is 18.9 Å². The third kappa shape index (κ3) is 5.96. The number of halogens is 3. The molecule has 0 aliphatic carbocycles. The van der Waals surface area contributed by atoms with Gasteiger partial charge in [-0.15, -0.1) is 0 Å². The number of anilines is 1. The topological polar surface area (TPSA) is 15.3 Å². The second-order valence-electron chi connectivity index (χ2n) is 4.88. The third-order valence-electron chi connectivity index (χ3n) is 3.00. The van der Waals surface area contributed by atoms with Gasteiger partial charge >= 0.3 is 6.18 Å². The highest BCUT2D eigenvalue weighted by Crippen LogP contribution is 2.21. The molecule has 0 amide bonds. The van der Waals surface area contributed by atoms with Crippen LogP contribution < -0.4 is 10.2 Å². The lowest BCUT2D eigenvalue weighted by molar-refractivity contribution is -0.135. The quantitative estimate of drug-likeness (QED) is 0.795. The molecule has 0 aromatic heterocycles. The lowest BCUT2D eigenvalue weighted by Gasteiger charge is -2.17. The summed E-state index contributed by atoms with van der Waals surface area (Å²) in [6, 6.07) is 8.06. The first-order valence-corrected chi connectivity index (χ1v) is 6.37. The number of rotatable bonds is 6. The first-order chi connectivity index (χ1) is 8.79. The number of benzene rings is 1. The molecular weight excluding hydrogens is 253 g/mol. The minimum absolute atomic E-state index is 0.0597. The summed E-state index contributed by atoms with van der Waals surface area (Å²) in [6.07, 6.45) is -4.67. The van der Waals surface area contributed by atoms with Crippen molar-refractivity contribution in [3.63, 3.8) is 0 Å². The zero-order chi connectivity index (χ0) is 14.5. The molecule has 1 N–H and O–H groups in total. The summed E-state index contributed by atoms with van der Waals surface area (Å²) < 4.78 is 36.0. The minimum atomic E-state index is -4.06. The normalized spacial score (nSPS) is 13.4. The molecule has 0 radical (unpaired) electrons. The molecule has 0 saturated heterocycles. The monoisotopic (exact) mass is 274 g/mol. The van der Waals surface area contributed by atoms with Crippen LogP contribution in [-0.4, -0.2) is 26.8 Å². The van der Waals surface area contributed by atoms with E-state index in [4.69, 9.17) is 0 Å². The fourth-order valence-corrected chi connectivity index (χ4v) is 1.79. The van der Waals surface area contributed by atoms with E-state index < -0.39 is 12.6 Å². The Morgan fingerprint density at radius 3 is 2.21 bits per heavy atom. The molecule has 5 heteroatoms. The molecule has 0 heterocycles. The van der Waals surface area contributed by atoms with Gasteiger partial charge in [-0.3, -0.25) is 0 Å². The van der Waals surface area contributed by atoms with Gasteiger partial charge in [-0.25, -0.2) is 0 Å².